The molecule has 0 amide bonds. The van der Waals surface area contributed by atoms with E-state index in [1.165, 1.54) is 14.2 Å². The smallest absolute Gasteiger partial charge is 0.208 e. The fraction of sp³-hybridized carbons (Fsp3) is 0.600. The number of allylic oxidation sites excluding steroid dienone is 4. The number of hydrogen-bond acceptors (Lipinski definition) is 5. The van der Waals surface area contributed by atoms with Gasteiger partial charge in [-0.1, -0.05) is 17.3 Å². The normalized spacial score (nSPS) is 35.5. The first kappa shape index (κ1) is 14.7. The molecule has 1 saturated carbocycles. The predicted octanol–water partition coefficient (Wildman–Crippen LogP) is 2.15. The van der Waals surface area contributed by atoms with Crippen LogP contribution >= 0.6 is 0 Å². The molecule has 7 nitrogen and oxygen atoms in total. The number of methoxy groups -OCH3 is 2. The van der Waals surface area contributed by atoms with Gasteiger partial charge in [0.05, 0.1) is 19.6 Å². The molecule has 0 heterocycles. The highest BCUT2D eigenvalue weighted by atomic mass is 16.5. The summed E-state index contributed by atoms with van der Waals surface area (Å²) in [7, 11) is 2.74. The molecule has 0 aromatic rings. The minimum Gasteiger partial charge on any atom is -0.490 e. The molecule has 1 fully saturated rings. The number of fused-ring (bicyclic) bond motifs is 5. The maximum Gasteiger partial charge on any atom is 0.208 e. The first-order valence-corrected chi connectivity index (χ1v) is 7.22. The van der Waals surface area contributed by atoms with E-state index in [1.54, 1.807) is 0 Å². The highest BCUT2D eigenvalue weighted by molar-refractivity contribution is 6.14. The van der Waals surface area contributed by atoms with Gasteiger partial charge in [0.25, 0.3) is 0 Å². The summed E-state index contributed by atoms with van der Waals surface area (Å²) < 4.78 is 10.3. The molecule has 0 radical (unpaired) electrons. The van der Waals surface area contributed by atoms with E-state index in [1.807, 2.05) is 12.2 Å². The molecule has 2 bridgehead atoms. The lowest BCUT2D eigenvalue weighted by molar-refractivity contribution is -0.145. The molecule has 0 spiro atoms. The third-order valence-electron chi connectivity index (χ3n) is 5.20. The zero-order chi connectivity index (χ0) is 15.9. The highest BCUT2D eigenvalue weighted by Crippen LogP contribution is 2.62. The Morgan fingerprint density at radius 3 is 2.68 bits per heavy atom. The van der Waals surface area contributed by atoms with E-state index in [2.05, 4.69) is 10.0 Å². The Balaban J connectivity index is 2.12. The van der Waals surface area contributed by atoms with Crippen molar-refractivity contribution in [3.8, 4) is 0 Å². The van der Waals surface area contributed by atoms with Crippen LogP contribution in [0.25, 0.3) is 10.4 Å². The molecule has 116 valence electrons. The van der Waals surface area contributed by atoms with Crippen LogP contribution in [0.4, 0.5) is 0 Å². The Hall–Kier alpha value is -2.27. The first-order chi connectivity index (χ1) is 10.6. The van der Waals surface area contributed by atoms with Gasteiger partial charge in [-0.25, -0.2) is 0 Å². The number of rotatable bonds is 5. The maximum atomic E-state index is 13.1. The number of ether oxygens (including phenoxy) is 2. The SMILES string of the molecule is COC1=C(OC)C(=O)[C@]2(CCN=[N+]=[N-])[C@@H]3C=C[C@@H](C3)[C@@H]2C1=O. The summed E-state index contributed by atoms with van der Waals surface area (Å²) in [5, 5.41) is 3.56. The summed E-state index contributed by atoms with van der Waals surface area (Å²) in [6.07, 6.45) is 5.14. The van der Waals surface area contributed by atoms with Crippen molar-refractivity contribution < 1.29 is 19.1 Å². The number of carbonyl (C=O) groups excluding carboxylic acids is 2. The lowest BCUT2D eigenvalue weighted by Crippen LogP contribution is -2.51. The standard InChI is InChI=1S/C15H17N3O4/c1-21-12-11(19)10-8-3-4-9(7-8)15(10,5-6-17-18-16)14(20)13(12)22-2/h3-4,8-10H,5-7H2,1-2H3/t8-,9+,10+,15+/m0/s1. The second kappa shape index (κ2) is 5.18. The molecular weight excluding hydrogens is 286 g/mol. The fourth-order valence-corrected chi connectivity index (χ4v) is 4.39. The summed E-state index contributed by atoms with van der Waals surface area (Å²) in [6.45, 7) is 0.183. The molecule has 3 rings (SSSR count). The van der Waals surface area contributed by atoms with E-state index in [0.717, 1.165) is 6.42 Å². The van der Waals surface area contributed by atoms with Gasteiger partial charge in [0.1, 0.15) is 0 Å². The fourth-order valence-electron chi connectivity index (χ4n) is 4.39. The van der Waals surface area contributed by atoms with Crippen molar-refractivity contribution in [3.63, 3.8) is 0 Å². The van der Waals surface area contributed by atoms with Gasteiger partial charge < -0.3 is 9.47 Å². The average molecular weight is 303 g/mol. The van der Waals surface area contributed by atoms with Gasteiger partial charge in [-0.15, -0.1) is 0 Å². The van der Waals surface area contributed by atoms with Crippen LogP contribution in [-0.2, 0) is 19.1 Å². The van der Waals surface area contributed by atoms with Crippen LogP contribution in [0, 0.1) is 23.2 Å². The Morgan fingerprint density at radius 2 is 2.05 bits per heavy atom. The van der Waals surface area contributed by atoms with Crippen LogP contribution in [-0.4, -0.2) is 32.3 Å². The van der Waals surface area contributed by atoms with Gasteiger partial charge in [0.15, 0.2) is 0 Å². The third-order valence-corrected chi connectivity index (χ3v) is 5.20. The number of carbonyl (C=O) groups is 2. The lowest BCUT2D eigenvalue weighted by Gasteiger charge is -2.42. The molecule has 0 N–H and O–H groups in total. The van der Waals surface area contributed by atoms with Crippen LogP contribution in [0.2, 0.25) is 0 Å². The molecule has 22 heavy (non-hydrogen) atoms. The van der Waals surface area contributed by atoms with Crippen LogP contribution in [0.3, 0.4) is 0 Å². The molecule has 0 unspecified atom stereocenters. The number of ketones is 2. The second-order valence-electron chi connectivity index (χ2n) is 5.87. The van der Waals surface area contributed by atoms with Gasteiger partial charge in [-0.2, -0.15) is 0 Å². The van der Waals surface area contributed by atoms with Crippen molar-refractivity contribution in [2.45, 2.75) is 12.8 Å². The Kier molecular flexibility index (Phi) is 3.45. The molecule has 0 aromatic heterocycles. The summed E-state index contributed by atoms with van der Waals surface area (Å²) >= 11 is 0. The number of hydrogen-bond donors (Lipinski definition) is 0. The Bertz CT molecular complexity index is 647. The van der Waals surface area contributed by atoms with E-state index in [4.69, 9.17) is 15.0 Å². The van der Waals surface area contributed by atoms with Crippen molar-refractivity contribution in [3.05, 3.63) is 34.1 Å². The molecule has 3 aliphatic carbocycles. The summed E-state index contributed by atoms with van der Waals surface area (Å²) in [5.41, 5.74) is 7.64. The summed E-state index contributed by atoms with van der Waals surface area (Å²) in [5.74, 6) is -0.813. The largest absolute Gasteiger partial charge is 0.490 e. The van der Waals surface area contributed by atoms with Crippen molar-refractivity contribution >= 4 is 11.6 Å². The highest BCUT2D eigenvalue weighted by Gasteiger charge is 2.66. The Morgan fingerprint density at radius 1 is 1.32 bits per heavy atom. The molecule has 0 aromatic carbocycles. The first-order valence-electron chi connectivity index (χ1n) is 7.22. The van der Waals surface area contributed by atoms with E-state index in [0.29, 0.717) is 6.42 Å². The number of Topliss-reactive ketones (excluding diaryl/α,β-unsaturated/α-hetero) is 2. The van der Waals surface area contributed by atoms with Crippen LogP contribution < -0.4 is 0 Å². The van der Waals surface area contributed by atoms with E-state index in [-0.39, 0.29) is 41.5 Å². The summed E-state index contributed by atoms with van der Waals surface area (Å²) in [6, 6.07) is 0. The van der Waals surface area contributed by atoms with Crippen molar-refractivity contribution in [1.82, 2.24) is 0 Å². The lowest BCUT2D eigenvalue weighted by atomic mass is 9.59. The van der Waals surface area contributed by atoms with Crippen molar-refractivity contribution in [2.75, 3.05) is 20.8 Å². The zero-order valence-corrected chi connectivity index (χ0v) is 12.5. The van der Waals surface area contributed by atoms with Crippen molar-refractivity contribution in [2.24, 2.45) is 28.3 Å². The summed E-state index contributed by atoms with van der Waals surface area (Å²) in [4.78, 5) is 28.7. The molecular formula is C15H17N3O4. The van der Waals surface area contributed by atoms with Crippen LogP contribution in [0.1, 0.15) is 12.8 Å². The van der Waals surface area contributed by atoms with E-state index in [9.17, 15) is 9.59 Å². The predicted molar refractivity (Wildman–Crippen MR) is 76.3 cm³/mol. The molecule has 3 aliphatic rings. The van der Waals surface area contributed by atoms with Crippen LogP contribution in [0.5, 0.6) is 0 Å². The molecule has 7 heteroatoms. The molecule has 0 saturated heterocycles. The van der Waals surface area contributed by atoms with E-state index >= 15 is 0 Å². The van der Waals surface area contributed by atoms with Crippen molar-refractivity contribution in [1.29, 1.82) is 0 Å². The minimum atomic E-state index is -0.863. The number of azide groups is 1. The van der Waals surface area contributed by atoms with Gasteiger partial charge >= 0.3 is 0 Å². The van der Waals surface area contributed by atoms with Gasteiger partial charge in [-0.05, 0) is 30.2 Å². The monoisotopic (exact) mass is 303 g/mol. The second-order valence-corrected chi connectivity index (χ2v) is 5.87. The van der Waals surface area contributed by atoms with Gasteiger partial charge in [0.2, 0.25) is 23.1 Å². The molecule has 0 aliphatic heterocycles. The van der Waals surface area contributed by atoms with Crippen LogP contribution in [0.15, 0.2) is 28.8 Å². The van der Waals surface area contributed by atoms with Gasteiger partial charge in [-0.3, -0.25) is 9.59 Å². The number of nitrogens with zero attached hydrogens (tertiary/aromatic N) is 3. The minimum absolute atomic E-state index is 0.00867. The maximum absolute atomic E-state index is 13.1. The average Bonchev–Trinajstić information content (AvgIpc) is 3.11. The third kappa shape index (κ3) is 1.66. The topological polar surface area (TPSA) is 101 Å². The van der Waals surface area contributed by atoms with Gasteiger partial charge in [0, 0.05) is 17.4 Å². The van der Waals surface area contributed by atoms with E-state index < -0.39 is 11.3 Å². The quantitative estimate of drug-likeness (QED) is 0.336. The molecule has 4 atom stereocenters. The Labute approximate surface area is 127 Å². The zero-order valence-electron chi connectivity index (χ0n) is 12.5.